The Bertz CT molecular complexity index is 1300. The van der Waals surface area contributed by atoms with Crippen LogP contribution in [0.25, 0.3) is 0 Å². The molecule has 3 aliphatic rings. The minimum Gasteiger partial charge on any atom is -0.377 e. The van der Waals surface area contributed by atoms with Crippen LogP contribution in [0.15, 0.2) is 54.6 Å². The first-order valence-electron chi connectivity index (χ1n) is 15.2. The largest absolute Gasteiger partial charge is 0.377 e. The van der Waals surface area contributed by atoms with Crippen LogP contribution in [0.4, 0.5) is 4.39 Å². The van der Waals surface area contributed by atoms with Crippen LogP contribution >= 0.6 is 0 Å². The van der Waals surface area contributed by atoms with E-state index in [2.05, 4.69) is 15.5 Å². The maximum atomic E-state index is 14.0. The van der Waals surface area contributed by atoms with Gasteiger partial charge in [0.05, 0.1) is 31.8 Å². The molecule has 0 aromatic heterocycles. The number of nitrogens with one attached hydrogen (secondary N) is 2. The lowest BCUT2D eigenvalue weighted by molar-refractivity contribution is -0.146. The Morgan fingerprint density at radius 2 is 1.64 bits per heavy atom. The topological polar surface area (TPSA) is 121 Å². The molecular weight excluding hydrogens is 569 g/mol. The third-order valence-electron chi connectivity index (χ3n) is 8.48. The van der Waals surface area contributed by atoms with Gasteiger partial charge in [-0.15, -0.1) is 0 Å². The number of amides is 4. The molecule has 4 amide bonds. The van der Waals surface area contributed by atoms with Crippen LogP contribution in [-0.4, -0.2) is 116 Å². The summed E-state index contributed by atoms with van der Waals surface area (Å²) in [6.07, 6.45) is 0.666. The number of ether oxygens (including phenoxy) is 2. The molecule has 12 heteroatoms. The maximum Gasteiger partial charge on any atom is 0.253 e. The molecule has 2 N–H and O–H groups in total. The number of nitrogens with zero attached hydrogens (tertiary/aromatic N) is 3. The average Bonchev–Trinajstić information content (AvgIpc) is 3.02. The van der Waals surface area contributed by atoms with E-state index in [0.29, 0.717) is 64.2 Å². The standard InChI is InChI=1S/C32H40FN5O6/c33-26-8-6-25(7-9-26)31(42)37-13-10-32(11-14-37)20-29(40)38-16-15-36(21-24-4-2-1-3-5-24)22-27(38)30(41)34-12-17-43-18-19-44-23-28(39)35-32/h1-9,27H,10-23H2,(H,34,41)(H,35,39)/t27-/m0/s1. The van der Waals surface area contributed by atoms with Gasteiger partial charge in [0.2, 0.25) is 17.7 Å². The minimum absolute atomic E-state index is 0.0110. The molecule has 0 bridgehead atoms. The highest BCUT2D eigenvalue weighted by molar-refractivity contribution is 5.94. The number of rotatable bonds is 3. The Morgan fingerprint density at radius 3 is 2.39 bits per heavy atom. The first-order valence-corrected chi connectivity index (χ1v) is 15.2. The van der Waals surface area contributed by atoms with Crippen LogP contribution in [-0.2, 0) is 30.4 Å². The number of likely N-dealkylation sites (tertiary alicyclic amines) is 1. The fourth-order valence-corrected chi connectivity index (χ4v) is 6.08. The normalized spacial score (nSPS) is 22.7. The predicted molar refractivity (Wildman–Crippen MR) is 159 cm³/mol. The van der Waals surface area contributed by atoms with Gasteiger partial charge < -0.3 is 29.9 Å². The van der Waals surface area contributed by atoms with Gasteiger partial charge in [0.15, 0.2) is 0 Å². The number of piperidine rings is 1. The predicted octanol–water partition coefficient (Wildman–Crippen LogP) is 1.18. The van der Waals surface area contributed by atoms with Crippen molar-refractivity contribution >= 4 is 23.6 Å². The van der Waals surface area contributed by atoms with Crippen LogP contribution < -0.4 is 10.6 Å². The Kier molecular flexibility index (Phi) is 10.6. The highest BCUT2D eigenvalue weighted by Crippen LogP contribution is 2.29. The highest BCUT2D eigenvalue weighted by Gasteiger charge is 2.43. The van der Waals surface area contributed by atoms with Crippen molar-refractivity contribution in [2.24, 2.45) is 0 Å². The average molecular weight is 610 g/mol. The molecule has 0 aliphatic carbocycles. The monoisotopic (exact) mass is 609 g/mol. The number of hydrogen-bond acceptors (Lipinski definition) is 7. The van der Waals surface area contributed by atoms with E-state index in [1.54, 1.807) is 9.80 Å². The summed E-state index contributed by atoms with van der Waals surface area (Å²) in [7, 11) is 0. The van der Waals surface area contributed by atoms with Gasteiger partial charge in [-0.3, -0.25) is 24.1 Å². The molecule has 2 aromatic carbocycles. The summed E-state index contributed by atoms with van der Waals surface area (Å²) in [6.45, 7) is 3.46. The van der Waals surface area contributed by atoms with Crippen LogP contribution in [0.1, 0.15) is 35.2 Å². The van der Waals surface area contributed by atoms with Gasteiger partial charge in [0.1, 0.15) is 18.5 Å². The Hall–Kier alpha value is -3.87. The maximum absolute atomic E-state index is 14.0. The molecular formula is C32H40FN5O6. The SMILES string of the molecule is O=C1COCCOCCNC(=O)[C@@H]2CN(Cc3ccccc3)CCN2C(=O)CC2(CCN(C(=O)c3ccc(F)cc3)CC2)N1. The fourth-order valence-electron chi connectivity index (χ4n) is 6.08. The van der Waals surface area contributed by atoms with Crippen molar-refractivity contribution in [2.45, 2.75) is 37.4 Å². The lowest BCUT2D eigenvalue weighted by atomic mass is 9.83. The summed E-state index contributed by atoms with van der Waals surface area (Å²) in [5.41, 5.74) is 0.575. The van der Waals surface area contributed by atoms with Crippen LogP contribution in [0.5, 0.6) is 0 Å². The van der Waals surface area contributed by atoms with Gasteiger partial charge in [-0.2, -0.15) is 0 Å². The zero-order valence-electron chi connectivity index (χ0n) is 24.8. The van der Waals surface area contributed by atoms with Gasteiger partial charge in [-0.1, -0.05) is 30.3 Å². The number of carbonyl (C=O) groups is 4. The number of piperazine rings is 1. The van der Waals surface area contributed by atoms with Gasteiger partial charge in [-0.25, -0.2) is 4.39 Å². The first kappa shape index (κ1) is 31.6. The minimum atomic E-state index is -0.924. The molecule has 236 valence electrons. The van der Waals surface area contributed by atoms with Gasteiger partial charge in [-0.05, 0) is 42.7 Å². The molecule has 3 aliphatic heterocycles. The van der Waals surface area contributed by atoms with Crippen molar-refractivity contribution in [3.63, 3.8) is 0 Å². The number of fused-ring (bicyclic) bond motifs is 1. The van der Waals surface area contributed by atoms with E-state index < -0.39 is 17.4 Å². The van der Waals surface area contributed by atoms with Gasteiger partial charge >= 0.3 is 0 Å². The Balaban J connectivity index is 1.32. The Morgan fingerprint density at radius 1 is 0.909 bits per heavy atom. The summed E-state index contributed by atoms with van der Waals surface area (Å²) in [4.78, 5) is 59.0. The second kappa shape index (κ2) is 14.7. The first-order chi connectivity index (χ1) is 21.3. The van der Waals surface area contributed by atoms with E-state index in [1.165, 1.54) is 24.3 Å². The van der Waals surface area contributed by atoms with Gasteiger partial charge in [0.25, 0.3) is 5.91 Å². The lowest BCUT2D eigenvalue weighted by Crippen LogP contribution is -2.63. The summed E-state index contributed by atoms with van der Waals surface area (Å²) in [6, 6.07) is 14.7. The van der Waals surface area contributed by atoms with E-state index in [9.17, 15) is 23.6 Å². The molecule has 3 heterocycles. The van der Waals surface area contributed by atoms with Crippen molar-refractivity contribution < 1.29 is 33.0 Å². The summed E-state index contributed by atoms with van der Waals surface area (Å²) in [5, 5.41) is 5.97. The summed E-state index contributed by atoms with van der Waals surface area (Å²) >= 11 is 0. The van der Waals surface area contributed by atoms with Crippen molar-refractivity contribution in [3.05, 3.63) is 71.5 Å². The smallest absolute Gasteiger partial charge is 0.253 e. The van der Waals surface area contributed by atoms with E-state index >= 15 is 0 Å². The number of halogens is 1. The van der Waals surface area contributed by atoms with Crippen LogP contribution in [0, 0.1) is 5.82 Å². The molecule has 5 rings (SSSR count). The Labute approximate surface area is 256 Å². The van der Waals surface area contributed by atoms with Gasteiger partial charge in [0, 0.05) is 51.4 Å². The third kappa shape index (κ3) is 8.19. The van der Waals surface area contributed by atoms with E-state index in [1.807, 2.05) is 30.3 Å². The quantitative estimate of drug-likeness (QED) is 0.537. The number of carbonyl (C=O) groups excluding carboxylic acids is 4. The molecule has 11 nitrogen and oxygen atoms in total. The van der Waals surface area contributed by atoms with Crippen LogP contribution in [0.3, 0.4) is 0 Å². The fraction of sp³-hybridized carbons (Fsp3) is 0.500. The zero-order valence-corrected chi connectivity index (χ0v) is 24.8. The molecule has 3 fully saturated rings. The zero-order chi connectivity index (χ0) is 30.9. The molecule has 1 spiro atoms. The second-order valence-corrected chi connectivity index (χ2v) is 11.6. The lowest BCUT2D eigenvalue weighted by Gasteiger charge is -2.45. The van der Waals surface area contributed by atoms with Crippen molar-refractivity contribution in [1.82, 2.24) is 25.3 Å². The molecule has 1 atom stereocenters. The van der Waals surface area contributed by atoms with E-state index in [0.717, 1.165) is 5.56 Å². The van der Waals surface area contributed by atoms with Crippen molar-refractivity contribution in [1.29, 1.82) is 0 Å². The molecule has 0 unspecified atom stereocenters. The number of benzene rings is 2. The van der Waals surface area contributed by atoms with Crippen molar-refractivity contribution in [2.75, 3.05) is 65.7 Å². The summed E-state index contributed by atoms with van der Waals surface area (Å²) < 4.78 is 24.4. The molecule has 2 aromatic rings. The van der Waals surface area contributed by atoms with Crippen molar-refractivity contribution in [3.8, 4) is 0 Å². The van der Waals surface area contributed by atoms with E-state index in [-0.39, 0.29) is 56.5 Å². The van der Waals surface area contributed by atoms with E-state index in [4.69, 9.17) is 9.47 Å². The molecule has 0 radical (unpaired) electrons. The molecule has 44 heavy (non-hydrogen) atoms. The number of hydrogen-bond donors (Lipinski definition) is 2. The molecule has 3 saturated heterocycles. The summed E-state index contributed by atoms with van der Waals surface area (Å²) in [5.74, 6) is -1.49. The highest BCUT2D eigenvalue weighted by atomic mass is 19.1. The van der Waals surface area contributed by atoms with Crippen LogP contribution in [0.2, 0.25) is 0 Å². The molecule has 0 saturated carbocycles. The third-order valence-corrected chi connectivity index (χ3v) is 8.48. The second-order valence-electron chi connectivity index (χ2n) is 11.6.